The number of hydrogen-bond acceptors (Lipinski definition) is 4. The number of aryl methyl sites for hydroxylation is 2. The summed E-state index contributed by atoms with van der Waals surface area (Å²) in [5, 5.41) is 9.21. The third-order valence-corrected chi connectivity index (χ3v) is 2.76. The lowest BCUT2D eigenvalue weighted by Gasteiger charge is -2.01. The smallest absolute Gasteiger partial charge is 0.259 e. The minimum atomic E-state index is -0.265. The molecule has 7 nitrogen and oxygen atoms in total. The van der Waals surface area contributed by atoms with E-state index in [0.29, 0.717) is 22.8 Å². The number of amides is 2. The van der Waals surface area contributed by atoms with Crippen LogP contribution in [0.4, 0.5) is 5.69 Å². The number of anilines is 1. The number of furan rings is 1. The lowest BCUT2D eigenvalue weighted by molar-refractivity contribution is -0.121. The SMILES string of the molecule is CNC(=O)Cn1cc(NC(=O)c2cc(C)oc2C)cn1. The van der Waals surface area contributed by atoms with Gasteiger partial charge in [-0.25, -0.2) is 0 Å². The van der Waals surface area contributed by atoms with Crippen LogP contribution in [0.1, 0.15) is 21.9 Å². The minimum Gasteiger partial charge on any atom is -0.466 e. The normalized spacial score (nSPS) is 10.3. The number of carbonyl (C=O) groups is 2. The molecule has 0 atom stereocenters. The van der Waals surface area contributed by atoms with Crippen molar-refractivity contribution < 1.29 is 14.0 Å². The summed E-state index contributed by atoms with van der Waals surface area (Å²) in [6, 6.07) is 1.68. The van der Waals surface area contributed by atoms with Gasteiger partial charge in [0, 0.05) is 13.2 Å². The van der Waals surface area contributed by atoms with Crippen molar-refractivity contribution >= 4 is 17.5 Å². The highest BCUT2D eigenvalue weighted by atomic mass is 16.3. The molecule has 2 aromatic rings. The molecule has 0 aliphatic heterocycles. The first-order valence-corrected chi connectivity index (χ1v) is 6.11. The Hall–Kier alpha value is -2.57. The monoisotopic (exact) mass is 276 g/mol. The van der Waals surface area contributed by atoms with Gasteiger partial charge in [-0.2, -0.15) is 5.10 Å². The number of rotatable bonds is 4. The van der Waals surface area contributed by atoms with Crippen LogP contribution in [0.3, 0.4) is 0 Å². The highest BCUT2D eigenvalue weighted by Gasteiger charge is 2.14. The Morgan fingerprint density at radius 2 is 2.15 bits per heavy atom. The van der Waals surface area contributed by atoms with E-state index in [1.54, 1.807) is 33.2 Å². The number of hydrogen-bond donors (Lipinski definition) is 2. The van der Waals surface area contributed by atoms with Gasteiger partial charge in [0.25, 0.3) is 5.91 Å². The van der Waals surface area contributed by atoms with Crippen LogP contribution in [0.15, 0.2) is 22.9 Å². The first-order chi connectivity index (χ1) is 9.49. The maximum atomic E-state index is 12.0. The van der Waals surface area contributed by atoms with E-state index in [0.717, 1.165) is 0 Å². The molecular formula is C13H16N4O3. The standard InChI is InChI=1S/C13H16N4O3/c1-8-4-11(9(2)20-8)13(19)16-10-5-15-17(6-10)7-12(18)14-3/h4-6H,7H2,1-3H3,(H,14,18)(H,16,19). The molecule has 106 valence electrons. The average Bonchev–Trinajstić information content (AvgIpc) is 2.95. The molecular weight excluding hydrogens is 260 g/mol. The Labute approximate surface area is 116 Å². The predicted octanol–water partition coefficient (Wildman–Crippen LogP) is 1.09. The molecule has 0 bridgehead atoms. The van der Waals surface area contributed by atoms with Crippen LogP contribution in [-0.4, -0.2) is 28.6 Å². The first kappa shape index (κ1) is 13.9. The van der Waals surface area contributed by atoms with Crippen LogP contribution in [0.25, 0.3) is 0 Å². The molecule has 2 rings (SSSR count). The van der Waals surface area contributed by atoms with Crippen molar-refractivity contribution in [3.05, 3.63) is 35.5 Å². The van der Waals surface area contributed by atoms with Crippen molar-refractivity contribution in [3.8, 4) is 0 Å². The maximum absolute atomic E-state index is 12.0. The first-order valence-electron chi connectivity index (χ1n) is 6.11. The summed E-state index contributed by atoms with van der Waals surface area (Å²) in [6.45, 7) is 3.62. The highest BCUT2D eigenvalue weighted by Crippen LogP contribution is 2.15. The molecule has 2 aromatic heterocycles. The van der Waals surface area contributed by atoms with Crippen molar-refractivity contribution in [3.63, 3.8) is 0 Å². The third-order valence-electron chi connectivity index (χ3n) is 2.76. The number of aromatic nitrogens is 2. The summed E-state index contributed by atoms with van der Waals surface area (Å²) in [5.74, 6) is 0.826. The van der Waals surface area contributed by atoms with E-state index in [-0.39, 0.29) is 18.4 Å². The van der Waals surface area contributed by atoms with Crippen molar-refractivity contribution in [2.45, 2.75) is 20.4 Å². The molecule has 0 fully saturated rings. The Balaban J connectivity index is 2.05. The average molecular weight is 276 g/mol. The van der Waals surface area contributed by atoms with E-state index in [1.807, 2.05) is 0 Å². The zero-order chi connectivity index (χ0) is 14.7. The van der Waals surface area contributed by atoms with Crippen LogP contribution in [0.5, 0.6) is 0 Å². The molecule has 0 spiro atoms. The van der Waals surface area contributed by atoms with E-state index in [1.165, 1.54) is 10.9 Å². The summed E-state index contributed by atoms with van der Waals surface area (Å²) in [6.07, 6.45) is 3.08. The number of carbonyl (C=O) groups excluding carboxylic acids is 2. The molecule has 0 radical (unpaired) electrons. The lowest BCUT2D eigenvalue weighted by Crippen LogP contribution is -2.23. The second-order valence-corrected chi connectivity index (χ2v) is 4.38. The van der Waals surface area contributed by atoms with Gasteiger partial charge >= 0.3 is 0 Å². The van der Waals surface area contributed by atoms with Gasteiger partial charge in [-0.05, 0) is 19.9 Å². The summed E-state index contributed by atoms with van der Waals surface area (Å²) >= 11 is 0. The Morgan fingerprint density at radius 1 is 1.40 bits per heavy atom. The van der Waals surface area contributed by atoms with Crippen molar-refractivity contribution in [1.82, 2.24) is 15.1 Å². The lowest BCUT2D eigenvalue weighted by atomic mass is 10.2. The van der Waals surface area contributed by atoms with E-state index in [4.69, 9.17) is 4.42 Å². The summed E-state index contributed by atoms with van der Waals surface area (Å²) in [4.78, 5) is 23.3. The quantitative estimate of drug-likeness (QED) is 0.874. The molecule has 0 saturated carbocycles. The molecule has 0 aromatic carbocycles. The maximum Gasteiger partial charge on any atom is 0.259 e. The zero-order valence-electron chi connectivity index (χ0n) is 11.6. The molecule has 0 saturated heterocycles. The molecule has 0 aliphatic rings. The van der Waals surface area contributed by atoms with Crippen LogP contribution < -0.4 is 10.6 Å². The Kier molecular flexibility index (Phi) is 3.88. The number of nitrogens with one attached hydrogen (secondary N) is 2. The Bertz CT molecular complexity index is 642. The number of likely N-dealkylation sites (N-methyl/N-ethyl adjacent to an activating group) is 1. The summed E-state index contributed by atoms with van der Waals surface area (Å²) in [5.41, 5.74) is 1.01. The van der Waals surface area contributed by atoms with Crippen LogP contribution in [-0.2, 0) is 11.3 Å². The second-order valence-electron chi connectivity index (χ2n) is 4.38. The van der Waals surface area contributed by atoms with Crippen molar-refractivity contribution in [1.29, 1.82) is 0 Å². The fourth-order valence-electron chi connectivity index (χ4n) is 1.80. The van der Waals surface area contributed by atoms with E-state index < -0.39 is 0 Å². The van der Waals surface area contributed by atoms with Crippen LogP contribution in [0, 0.1) is 13.8 Å². The van der Waals surface area contributed by atoms with E-state index in [9.17, 15) is 9.59 Å². The third kappa shape index (κ3) is 3.05. The van der Waals surface area contributed by atoms with Gasteiger partial charge in [-0.1, -0.05) is 0 Å². The van der Waals surface area contributed by atoms with Crippen LogP contribution in [0.2, 0.25) is 0 Å². The molecule has 0 aliphatic carbocycles. The predicted molar refractivity (Wildman–Crippen MR) is 72.4 cm³/mol. The van der Waals surface area contributed by atoms with Gasteiger partial charge in [0.05, 0.1) is 17.4 Å². The fraction of sp³-hybridized carbons (Fsp3) is 0.308. The van der Waals surface area contributed by atoms with Crippen molar-refractivity contribution in [2.24, 2.45) is 0 Å². The largest absolute Gasteiger partial charge is 0.466 e. The summed E-state index contributed by atoms with van der Waals surface area (Å²) in [7, 11) is 1.55. The molecule has 2 N–H and O–H groups in total. The van der Waals surface area contributed by atoms with E-state index in [2.05, 4.69) is 15.7 Å². The van der Waals surface area contributed by atoms with Gasteiger partial charge in [-0.15, -0.1) is 0 Å². The van der Waals surface area contributed by atoms with E-state index >= 15 is 0 Å². The van der Waals surface area contributed by atoms with Gasteiger partial charge in [0.1, 0.15) is 18.1 Å². The molecule has 2 amide bonds. The second kappa shape index (κ2) is 5.60. The molecule has 2 heterocycles. The van der Waals surface area contributed by atoms with Gasteiger partial charge in [-0.3, -0.25) is 14.3 Å². The topological polar surface area (TPSA) is 89.2 Å². The number of nitrogens with zero attached hydrogens (tertiary/aromatic N) is 2. The molecule has 20 heavy (non-hydrogen) atoms. The Morgan fingerprint density at radius 3 is 2.75 bits per heavy atom. The van der Waals surface area contributed by atoms with Gasteiger partial charge in [0.2, 0.25) is 5.91 Å². The van der Waals surface area contributed by atoms with Gasteiger partial charge < -0.3 is 15.1 Å². The molecule has 0 unspecified atom stereocenters. The fourth-order valence-corrected chi connectivity index (χ4v) is 1.80. The summed E-state index contributed by atoms with van der Waals surface area (Å²) < 4.78 is 6.76. The molecule has 7 heteroatoms. The minimum absolute atomic E-state index is 0.107. The zero-order valence-corrected chi connectivity index (χ0v) is 11.6. The highest BCUT2D eigenvalue weighted by molar-refractivity contribution is 6.04. The van der Waals surface area contributed by atoms with Crippen molar-refractivity contribution in [2.75, 3.05) is 12.4 Å². The van der Waals surface area contributed by atoms with Crippen LogP contribution >= 0.6 is 0 Å². The van der Waals surface area contributed by atoms with Gasteiger partial charge in [0.15, 0.2) is 0 Å².